The summed E-state index contributed by atoms with van der Waals surface area (Å²) in [6.45, 7) is 8.27. The molecule has 2 aliphatic rings. The molecule has 14 heteroatoms. The first-order valence-corrected chi connectivity index (χ1v) is 14.4. The second kappa shape index (κ2) is 11.2. The van der Waals surface area contributed by atoms with Crippen molar-refractivity contribution in [2.24, 2.45) is 0 Å². The van der Waals surface area contributed by atoms with E-state index in [-0.39, 0.29) is 35.5 Å². The van der Waals surface area contributed by atoms with Crippen LogP contribution in [0.5, 0.6) is 0 Å². The fourth-order valence-corrected chi connectivity index (χ4v) is 7.81. The van der Waals surface area contributed by atoms with Gasteiger partial charge in [-0.1, -0.05) is 39.5 Å². The molecule has 1 fully saturated rings. The minimum absolute atomic E-state index is 0.00170. The molecule has 2 amide bonds. The van der Waals surface area contributed by atoms with Crippen LogP contribution in [0, 0.1) is 10.1 Å². The van der Waals surface area contributed by atoms with E-state index in [9.17, 15) is 29.6 Å². The van der Waals surface area contributed by atoms with Gasteiger partial charge in [0.25, 0.3) is 11.6 Å². The number of ether oxygens (including phenoxy) is 1. The summed E-state index contributed by atoms with van der Waals surface area (Å²) < 4.78 is 11.7. The van der Waals surface area contributed by atoms with E-state index in [0.717, 1.165) is 0 Å². The monoisotopic (exact) mass is 555 g/mol. The van der Waals surface area contributed by atoms with Crippen LogP contribution in [0.25, 0.3) is 0 Å². The summed E-state index contributed by atoms with van der Waals surface area (Å²) in [5.41, 5.74) is 0.523. The lowest BCUT2D eigenvalue weighted by atomic mass is 9.94. The fourth-order valence-electron chi connectivity index (χ4n) is 3.69. The molecule has 0 spiro atoms. The van der Waals surface area contributed by atoms with Gasteiger partial charge >= 0.3 is 12.1 Å². The standard InChI is InChI=1S/C22H29N3O8S2Si/c1-5-22-16(33-36-21(2,3)4)17(26)24(22)15(18(27)28)19(35-22)34-11-10-23-20(29)32-12-13-6-8-14(9-7-13)25(30)31/h6-9,16H,5,10-12,36H2,1-4H3,(H,23,29)(H,27,28)/t16?,22-/m1/s1. The molecule has 0 radical (unpaired) electrons. The normalized spacial score (nSPS) is 21.5. The van der Waals surface area contributed by atoms with Crippen LogP contribution in [0.3, 0.4) is 0 Å². The smallest absolute Gasteiger partial charge is 0.407 e. The Morgan fingerprint density at radius 3 is 2.56 bits per heavy atom. The Hall–Kier alpha value is -2.55. The van der Waals surface area contributed by atoms with Gasteiger partial charge in [-0.25, -0.2) is 9.59 Å². The van der Waals surface area contributed by atoms with Crippen molar-refractivity contribution in [1.29, 1.82) is 0 Å². The third-order valence-electron chi connectivity index (χ3n) is 5.43. The molecule has 1 unspecified atom stereocenters. The number of aliphatic carboxylic acids is 1. The highest BCUT2D eigenvalue weighted by molar-refractivity contribution is 8.23. The molecular formula is C22H29N3O8S2Si. The number of carbonyl (C=O) groups is 3. The van der Waals surface area contributed by atoms with Gasteiger partial charge in [0.15, 0.2) is 21.6 Å². The molecule has 2 heterocycles. The summed E-state index contributed by atoms with van der Waals surface area (Å²) in [5, 5.41) is 23.1. The molecular weight excluding hydrogens is 526 g/mol. The first-order valence-electron chi connectivity index (χ1n) is 11.3. The number of carbonyl (C=O) groups excluding carboxylic acids is 2. The highest BCUT2D eigenvalue weighted by Crippen LogP contribution is 2.60. The third kappa shape index (κ3) is 6.04. The molecule has 11 nitrogen and oxygen atoms in total. The van der Waals surface area contributed by atoms with Gasteiger partial charge in [-0.15, -0.1) is 11.8 Å². The number of hydrogen-bond donors (Lipinski definition) is 2. The maximum absolute atomic E-state index is 12.8. The van der Waals surface area contributed by atoms with Crippen LogP contribution in [-0.2, 0) is 25.4 Å². The maximum atomic E-state index is 12.8. The van der Waals surface area contributed by atoms with Crippen molar-refractivity contribution in [2.45, 2.75) is 56.7 Å². The van der Waals surface area contributed by atoms with Crippen LogP contribution in [0.2, 0.25) is 5.04 Å². The van der Waals surface area contributed by atoms with E-state index >= 15 is 0 Å². The summed E-state index contributed by atoms with van der Waals surface area (Å²) in [6.07, 6.45) is -0.774. The number of β-lactam (4-membered cyclic amide) rings is 1. The van der Waals surface area contributed by atoms with Crippen molar-refractivity contribution in [3.8, 4) is 0 Å². The minimum Gasteiger partial charge on any atom is -0.477 e. The van der Waals surface area contributed by atoms with Crippen LogP contribution in [-0.4, -0.2) is 65.9 Å². The molecule has 3 rings (SSSR count). The Bertz CT molecular complexity index is 1080. The Morgan fingerprint density at radius 1 is 1.33 bits per heavy atom. The van der Waals surface area contributed by atoms with E-state index in [2.05, 4.69) is 26.1 Å². The van der Waals surface area contributed by atoms with Gasteiger partial charge in [0.2, 0.25) is 0 Å². The minimum atomic E-state index is -1.17. The van der Waals surface area contributed by atoms with Gasteiger partial charge in [0.05, 0.1) is 9.16 Å². The van der Waals surface area contributed by atoms with E-state index in [1.807, 2.05) is 6.92 Å². The van der Waals surface area contributed by atoms with Gasteiger partial charge in [-0.3, -0.25) is 19.8 Å². The van der Waals surface area contributed by atoms with Gasteiger partial charge in [0.1, 0.15) is 11.5 Å². The predicted octanol–water partition coefficient (Wildman–Crippen LogP) is 3.19. The van der Waals surface area contributed by atoms with Gasteiger partial charge in [-0.2, -0.15) is 0 Å². The average molecular weight is 556 g/mol. The molecule has 1 aromatic rings. The molecule has 0 saturated carbocycles. The van der Waals surface area contributed by atoms with Gasteiger partial charge in [0, 0.05) is 24.4 Å². The number of non-ortho nitro benzene ring substituents is 1. The SMILES string of the molecule is CC[C@]12SC(SCCNC(=O)OCc3ccc([N+](=O)[O-])cc3)=C(C(=O)O)N1C(=O)C2O[SiH2]C(C)(C)C. The number of amides is 2. The maximum Gasteiger partial charge on any atom is 0.407 e. The highest BCUT2D eigenvalue weighted by Gasteiger charge is 2.67. The lowest BCUT2D eigenvalue weighted by Crippen LogP contribution is -2.71. The summed E-state index contributed by atoms with van der Waals surface area (Å²) in [6, 6.07) is 5.68. The Morgan fingerprint density at radius 2 is 2.00 bits per heavy atom. The summed E-state index contributed by atoms with van der Waals surface area (Å²) >= 11 is 2.61. The summed E-state index contributed by atoms with van der Waals surface area (Å²) in [5.74, 6) is -1.12. The molecule has 2 atom stereocenters. The van der Waals surface area contributed by atoms with Crippen molar-refractivity contribution < 1.29 is 33.6 Å². The number of alkyl carbamates (subject to hydrolysis) is 1. The number of benzene rings is 1. The number of thioether (sulfide) groups is 2. The molecule has 0 aromatic heterocycles. The first-order chi connectivity index (χ1) is 16.9. The summed E-state index contributed by atoms with van der Waals surface area (Å²) in [7, 11) is -1.01. The molecule has 0 aliphatic carbocycles. The number of carboxylic acid groups (broad SMARTS) is 1. The van der Waals surface area contributed by atoms with Crippen LogP contribution < -0.4 is 5.32 Å². The lowest BCUT2D eigenvalue weighted by Gasteiger charge is -2.52. The van der Waals surface area contributed by atoms with Crippen molar-refractivity contribution in [2.75, 3.05) is 12.3 Å². The molecule has 36 heavy (non-hydrogen) atoms. The van der Waals surface area contributed by atoms with Crippen molar-refractivity contribution in [3.63, 3.8) is 0 Å². The molecule has 2 N–H and O–H groups in total. The zero-order valence-electron chi connectivity index (χ0n) is 20.4. The molecule has 2 aliphatic heterocycles. The Balaban J connectivity index is 1.52. The van der Waals surface area contributed by atoms with E-state index in [0.29, 0.717) is 22.0 Å². The Kier molecular flexibility index (Phi) is 8.74. The average Bonchev–Trinajstić information content (AvgIpc) is 3.11. The third-order valence-corrected chi connectivity index (χ3v) is 9.68. The fraction of sp³-hybridized carbons (Fsp3) is 0.500. The largest absolute Gasteiger partial charge is 0.477 e. The van der Waals surface area contributed by atoms with Crippen molar-refractivity contribution in [3.05, 3.63) is 49.9 Å². The number of hydrogen-bond acceptors (Lipinski definition) is 9. The highest BCUT2D eigenvalue weighted by atomic mass is 32.2. The van der Waals surface area contributed by atoms with Crippen LogP contribution in [0.1, 0.15) is 39.7 Å². The van der Waals surface area contributed by atoms with Gasteiger partial charge in [-0.05, 0) is 29.2 Å². The number of fused-ring (bicyclic) bond motifs is 1. The topological polar surface area (TPSA) is 148 Å². The number of nitrogens with one attached hydrogen (secondary N) is 1. The molecule has 196 valence electrons. The number of carboxylic acids is 1. The quantitative estimate of drug-likeness (QED) is 0.137. The van der Waals surface area contributed by atoms with Crippen LogP contribution >= 0.6 is 23.5 Å². The van der Waals surface area contributed by atoms with Crippen LogP contribution in [0.15, 0.2) is 34.2 Å². The zero-order chi connectivity index (χ0) is 26.7. The zero-order valence-corrected chi connectivity index (χ0v) is 23.5. The second-order valence-electron chi connectivity index (χ2n) is 9.44. The summed E-state index contributed by atoms with van der Waals surface area (Å²) in [4.78, 5) is 47.6. The van der Waals surface area contributed by atoms with E-state index in [1.54, 1.807) is 0 Å². The first kappa shape index (κ1) is 28.0. The van der Waals surface area contributed by atoms with E-state index in [4.69, 9.17) is 9.16 Å². The van der Waals surface area contributed by atoms with Crippen molar-refractivity contribution >= 4 is 56.9 Å². The number of nitro benzene ring substituents is 1. The number of rotatable bonds is 11. The number of nitro groups is 1. The van der Waals surface area contributed by atoms with Gasteiger partial charge < -0.3 is 19.6 Å². The molecule has 1 saturated heterocycles. The Labute approximate surface area is 219 Å². The van der Waals surface area contributed by atoms with E-state index in [1.165, 1.54) is 52.7 Å². The number of nitrogens with zero attached hydrogens (tertiary/aromatic N) is 2. The van der Waals surface area contributed by atoms with Crippen molar-refractivity contribution in [1.82, 2.24) is 10.2 Å². The lowest BCUT2D eigenvalue weighted by molar-refractivity contribution is -0.384. The van der Waals surface area contributed by atoms with E-state index < -0.39 is 37.7 Å². The second-order valence-corrected chi connectivity index (χ2v) is 14.9. The molecule has 1 aromatic carbocycles. The van der Waals surface area contributed by atoms with Crippen LogP contribution in [0.4, 0.5) is 10.5 Å². The molecule has 0 bridgehead atoms. The predicted molar refractivity (Wildman–Crippen MR) is 139 cm³/mol.